The van der Waals surface area contributed by atoms with Crippen LogP contribution in [0.5, 0.6) is 11.5 Å². The number of carbonyl (C=O) groups is 4. The van der Waals surface area contributed by atoms with E-state index in [-0.39, 0.29) is 56.1 Å². The van der Waals surface area contributed by atoms with E-state index in [2.05, 4.69) is 0 Å². The van der Waals surface area contributed by atoms with Crippen LogP contribution in [0, 0.1) is 0 Å². The fourth-order valence-corrected chi connectivity index (χ4v) is 4.22. The van der Waals surface area contributed by atoms with E-state index >= 15 is 0 Å². The van der Waals surface area contributed by atoms with Crippen molar-refractivity contribution in [2.75, 3.05) is 22.9 Å². The lowest BCUT2D eigenvalue weighted by atomic mass is 9.96. The second kappa shape index (κ2) is 10.5. The molecule has 0 aliphatic carbocycles. The zero-order valence-electron chi connectivity index (χ0n) is 20.9. The number of carboxylic acids is 4. The fraction of sp³-hybridized carbons (Fsp3) is 0. The lowest BCUT2D eigenvalue weighted by Crippen LogP contribution is -2.10. The molecule has 4 aromatic rings. The van der Waals surface area contributed by atoms with E-state index in [0.717, 1.165) is 0 Å². The summed E-state index contributed by atoms with van der Waals surface area (Å²) < 4.78 is 6.08. The third-order valence-electron chi connectivity index (χ3n) is 6.20. The first-order valence-corrected chi connectivity index (χ1v) is 11.6. The number of nitrogens with two attached hydrogens (primary N) is 4. The van der Waals surface area contributed by atoms with E-state index in [1.54, 1.807) is 0 Å². The van der Waals surface area contributed by atoms with Crippen LogP contribution in [-0.4, -0.2) is 44.3 Å². The smallest absolute Gasteiger partial charge is 0.341 e. The molecule has 0 heterocycles. The van der Waals surface area contributed by atoms with Gasteiger partial charge < -0.3 is 48.1 Å². The van der Waals surface area contributed by atoms with Crippen molar-refractivity contribution in [3.63, 3.8) is 0 Å². The lowest BCUT2D eigenvalue weighted by molar-refractivity contribution is 0.0683. The predicted octanol–water partition coefficient (Wildman–Crippen LogP) is 3.93. The van der Waals surface area contributed by atoms with Crippen molar-refractivity contribution < 1.29 is 44.3 Å². The molecule has 13 heteroatoms. The monoisotopic (exact) mass is 558 g/mol. The molecule has 0 fully saturated rings. The van der Waals surface area contributed by atoms with Gasteiger partial charge in [0.2, 0.25) is 0 Å². The summed E-state index contributed by atoms with van der Waals surface area (Å²) in [4.78, 5) is 48.1. The first-order chi connectivity index (χ1) is 19.3. The van der Waals surface area contributed by atoms with E-state index in [1.807, 2.05) is 0 Å². The van der Waals surface area contributed by atoms with Crippen molar-refractivity contribution in [1.29, 1.82) is 0 Å². The Labute approximate surface area is 230 Å². The molecule has 4 aromatic carbocycles. The molecule has 0 radical (unpaired) electrons. The van der Waals surface area contributed by atoms with Gasteiger partial charge in [-0.05, 0) is 59.7 Å². The number of carboxylic acid groups (broad SMARTS) is 4. The number of rotatable bonds is 8. The van der Waals surface area contributed by atoms with Crippen LogP contribution in [0.3, 0.4) is 0 Å². The van der Waals surface area contributed by atoms with Gasteiger partial charge >= 0.3 is 23.9 Å². The SMILES string of the molecule is Nc1ccc(-c2ccc(N)c(C(=O)O)c2Oc2c(-c3ccc(N)c(C(=O)O)c3)ccc(N)c2C(=O)O)cc1C(=O)O. The van der Waals surface area contributed by atoms with Crippen LogP contribution in [-0.2, 0) is 0 Å². The molecule has 12 N–H and O–H groups in total. The summed E-state index contributed by atoms with van der Waals surface area (Å²) in [7, 11) is 0. The summed E-state index contributed by atoms with van der Waals surface area (Å²) in [5.41, 5.74) is 21.6. The van der Waals surface area contributed by atoms with E-state index in [0.29, 0.717) is 0 Å². The van der Waals surface area contributed by atoms with Gasteiger partial charge in [-0.25, -0.2) is 19.2 Å². The molecule has 41 heavy (non-hydrogen) atoms. The highest BCUT2D eigenvalue weighted by Crippen LogP contribution is 2.45. The Hall–Kier alpha value is -6.24. The van der Waals surface area contributed by atoms with Crippen molar-refractivity contribution in [2.45, 2.75) is 0 Å². The predicted molar refractivity (Wildman–Crippen MR) is 149 cm³/mol. The molecule has 0 saturated heterocycles. The van der Waals surface area contributed by atoms with Crippen molar-refractivity contribution >= 4 is 46.6 Å². The summed E-state index contributed by atoms with van der Waals surface area (Å²) >= 11 is 0. The zero-order chi connectivity index (χ0) is 30.2. The molecule has 0 aromatic heterocycles. The number of nitrogen functional groups attached to an aromatic ring is 4. The largest absolute Gasteiger partial charge is 0.478 e. The highest BCUT2D eigenvalue weighted by molar-refractivity contribution is 6.04. The number of hydrogen-bond acceptors (Lipinski definition) is 9. The lowest BCUT2D eigenvalue weighted by Gasteiger charge is -2.20. The van der Waals surface area contributed by atoms with Crippen LogP contribution in [0.4, 0.5) is 22.7 Å². The summed E-state index contributed by atoms with van der Waals surface area (Å²) in [5, 5.41) is 39.2. The second-order valence-electron chi connectivity index (χ2n) is 8.74. The van der Waals surface area contributed by atoms with Gasteiger partial charge in [-0.2, -0.15) is 0 Å². The third kappa shape index (κ3) is 5.09. The highest BCUT2D eigenvalue weighted by atomic mass is 16.5. The van der Waals surface area contributed by atoms with E-state index in [9.17, 15) is 39.6 Å². The van der Waals surface area contributed by atoms with Gasteiger partial charge in [0.05, 0.1) is 11.1 Å². The quantitative estimate of drug-likeness (QED) is 0.143. The van der Waals surface area contributed by atoms with Gasteiger partial charge in [-0.15, -0.1) is 0 Å². The minimum absolute atomic E-state index is 0.0346. The first kappa shape index (κ1) is 27.8. The molecule has 4 rings (SSSR count). The molecule has 208 valence electrons. The second-order valence-corrected chi connectivity index (χ2v) is 8.74. The molecular weight excluding hydrogens is 536 g/mol. The maximum Gasteiger partial charge on any atom is 0.341 e. The van der Waals surface area contributed by atoms with E-state index < -0.39 is 46.5 Å². The van der Waals surface area contributed by atoms with Crippen molar-refractivity contribution in [3.05, 3.63) is 82.9 Å². The summed E-state index contributed by atoms with van der Waals surface area (Å²) in [5.74, 6) is -6.61. The van der Waals surface area contributed by atoms with Crippen molar-refractivity contribution in [2.24, 2.45) is 0 Å². The topological polar surface area (TPSA) is 263 Å². The molecule has 0 aliphatic heterocycles. The molecule has 0 aliphatic rings. The Kier molecular flexibility index (Phi) is 7.11. The van der Waals surface area contributed by atoms with Gasteiger partial charge in [-0.3, -0.25) is 0 Å². The number of hydrogen-bond donors (Lipinski definition) is 8. The van der Waals surface area contributed by atoms with Crippen LogP contribution in [0.15, 0.2) is 60.7 Å². The molecule has 0 unspecified atom stereocenters. The standard InChI is InChI=1S/C28H22N4O9/c29-17-5-1-11(9-15(17)25(33)34)13-3-7-19(31)21(27(37)38)23(13)41-24-14(4-8-20(32)22(24)28(39)40)12-2-6-18(30)16(10-12)26(35)36/h1-10H,29-32H2,(H,33,34)(H,35,36)(H,37,38)(H,39,40). The Balaban J connectivity index is 2.07. The zero-order valence-corrected chi connectivity index (χ0v) is 20.9. The van der Waals surface area contributed by atoms with Crippen LogP contribution < -0.4 is 27.7 Å². The first-order valence-electron chi connectivity index (χ1n) is 11.6. The Morgan fingerprint density at radius 1 is 0.488 bits per heavy atom. The minimum atomic E-state index is -1.53. The van der Waals surface area contributed by atoms with Gasteiger partial charge in [0.25, 0.3) is 0 Å². The maximum atomic E-state index is 12.3. The van der Waals surface area contributed by atoms with Crippen LogP contribution in [0.25, 0.3) is 22.3 Å². The van der Waals surface area contributed by atoms with E-state index in [4.69, 9.17) is 27.7 Å². The molecule has 0 bridgehead atoms. The minimum Gasteiger partial charge on any atom is -0.478 e. The molecule has 0 amide bonds. The molecule has 0 saturated carbocycles. The number of ether oxygens (including phenoxy) is 1. The Morgan fingerprint density at radius 2 is 0.829 bits per heavy atom. The number of anilines is 4. The highest BCUT2D eigenvalue weighted by Gasteiger charge is 2.27. The average Bonchev–Trinajstić information content (AvgIpc) is 2.89. The summed E-state index contributed by atoms with van der Waals surface area (Å²) in [6.07, 6.45) is 0. The average molecular weight is 559 g/mol. The summed E-state index contributed by atoms with van der Waals surface area (Å²) in [6.45, 7) is 0. The Morgan fingerprint density at radius 3 is 1.15 bits per heavy atom. The van der Waals surface area contributed by atoms with Gasteiger partial charge in [0, 0.05) is 33.9 Å². The summed E-state index contributed by atoms with van der Waals surface area (Å²) in [6, 6.07) is 13.1. The molecular formula is C28H22N4O9. The fourth-order valence-electron chi connectivity index (χ4n) is 4.22. The Bertz CT molecular complexity index is 1650. The van der Waals surface area contributed by atoms with E-state index in [1.165, 1.54) is 60.7 Å². The molecule has 13 nitrogen and oxygen atoms in total. The van der Waals surface area contributed by atoms with Gasteiger partial charge in [-0.1, -0.05) is 12.1 Å². The van der Waals surface area contributed by atoms with Crippen molar-refractivity contribution in [3.8, 4) is 33.8 Å². The molecule has 0 atom stereocenters. The van der Waals surface area contributed by atoms with Gasteiger partial charge in [0.15, 0.2) is 11.5 Å². The van der Waals surface area contributed by atoms with Crippen LogP contribution >= 0.6 is 0 Å². The normalized spacial score (nSPS) is 10.6. The third-order valence-corrected chi connectivity index (χ3v) is 6.20. The molecule has 0 spiro atoms. The van der Waals surface area contributed by atoms with Crippen molar-refractivity contribution in [1.82, 2.24) is 0 Å². The van der Waals surface area contributed by atoms with Crippen LogP contribution in [0.2, 0.25) is 0 Å². The maximum absolute atomic E-state index is 12.3. The van der Waals surface area contributed by atoms with Crippen LogP contribution in [0.1, 0.15) is 41.4 Å². The number of benzene rings is 4. The number of aromatic carboxylic acids is 4. The van der Waals surface area contributed by atoms with Gasteiger partial charge in [0.1, 0.15) is 11.1 Å².